The van der Waals surface area contributed by atoms with Gasteiger partial charge in [0, 0.05) is 12.3 Å². The molecule has 0 unspecified atom stereocenters. The van der Waals surface area contributed by atoms with Gasteiger partial charge in [-0.15, -0.1) is 0 Å². The average molecular weight is 405 g/mol. The second-order valence-electron chi connectivity index (χ2n) is 6.68. The Bertz CT molecular complexity index is 782. The normalized spacial score (nSPS) is 41.3. The number of hydrogen-bond acceptors (Lipinski definition) is 11. The molecule has 158 valence electrons. The van der Waals surface area contributed by atoms with E-state index in [-0.39, 0.29) is 6.61 Å². The minimum absolute atomic E-state index is 0.341. The van der Waals surface area contributed by atoms with E-state index in [0.29, 0.717) is 0 Å². The second-order valence-corrected chi connectivity index (χ2v) is 6.68. The van der Waals surface area contributed by atoms with Gasteiger partial charge in [0.15, 0.2) is 12.5 Å². The van der Waals surface area contributed by atoms with Crippen molar-refractivity contribution in [3.8, 4) is 0 Å². The van der Waals surface area contributed by atoms with Gasteiger partial charge in [-0.1, -0.05) is 0 Å². The zero-order chi connectivity index (χ0) is 20.6. The highest BCUT2D eigenvalue weighted by molar-refractivity contribution is 4.94. The number of H-pyrrole nitrogens is 1. The molecule has 3 rings (SSSR count). The van der Waals surface area contributed by atoms with Crippen molar-refractivity contribution in [2.75, 3.05) is 13.2 Å². The zero-order valence-electron chi connectivity index (χ0n) is 14.6. The van der Waals surface area contributed by atoms with E-state index < -0.39 is 73.0 Å². The Labute approximate surface area is 157 Å². The maximum Gasteiger partial charge on any atom is 0.330 e. The lowest BCUT2D eigenvalue weighted by Crippen LogP contribution is -2.62. The summed E-state index contributed by atoms with van der Waals surface area (Å²) in [5, 5.41) is 49.2. The smallest absolute Gasteiger partial charge is 0.330 e. The van der Waals surface area contributed by atoms with Crippen molar-refractivity contribution in [1.82, 2.24) is 9.55 Å². The molecule has 28 heavy (non-hydrogen) atoms. The van der Waals surface area contributed by atoms with E-state index in [0.717, 1.165) is 16.8 Å². The summed E-state index contributed by atoms with van der Waals surface area (Å²) in [7, 11) is 0. The van der Waals surface area contributed by atoms with Crippen LogP contribution in [0, 0.1) is 0 Å². The molecular weight excluding hydrogens is 382 g/mol. The number of nitrogens with one attached hydrogen (secondary N) is 1. The van der Waals surface area contributed by atoms with Crippen LogP contribution >= 0.6 is 0 Å². The fourth-order valence-corrected chi connectivity index (χ4v) is 3.17. The number of aromatic nitrogens is 2. The molecule has 2 fully saturated rings. The van der Waals surface area contributed by atoms with Crippen molar-refractivity contribution in [2.45, 2.75) is 55.2 Å². The molecule has 13 nitrogen and oxygen atoms in total. The molecule has 0 radical (unpaired) electrons. The van der Waals surface area contributed by atoms with Crippen molar-refractivity contribution in [3.63, 3.8) is 0 Å². The van der Waals surface area contributed by atoms with Gasteiger partial charge in [-0.3, -0.25) is 14.3 Å². The number of nitrogens with zero attached hydrogens (tertiary/aromatic N) is 1. The van der Waals surface area contributed by atoms with E-state index in [1.54, 1.807) is 0 Å². The van der Waals surface area contributed by atoms with Crippen LogP contribution in [0.2, 0.25) is 0 Å². The summed E-state index contributed by atoms with van der Waals surface area (Å²) in [5.41, 5.74) is 4.30. The third kappa shape index (κ3) is 3.89. The van der Waals surface area contributed by atoms with Crippen LogP contribution in [0.1, 0.15) is 6.23 Å². The minimum atomic E-state index is -1.49. The topological polar surface area (TPSA) is 210 Å². The number of aliphatic hydroxyl groups is 5. The lowest BCUT2D eigenvalue weighted by Gasteiger charge is -2.40. The average Bonchev–Trinajstić information content (AvgIpc) is 2.94. The van der Waals surface area contributed by atoms with E-state index >= 15 is 0 Å². The maximum absolute atomic E-state index is 11.9. The Hall–Kier alpha value is -1.68. The van der Waals surface area contributed by atoms with E-state index in [2.05, 4.69) is 0 Å². The first-order valence-corrected chi connectivity index (χ1v) is 8.57. The third-order valence-electron chi connectivity index (χ3n) is 4.82. The van der Waals surface area contributed by atoms with Crippen molar-refractivity contribution in [3.05, 3.63) is 33.1 Å². The summed E-state index contributed by atoms with van der Waals surface area (Å²) >= 11 is 0. The summed E-state index contributed by atoms with van der Waals surface area (Å²) < 4.78 is 17.1. The summed E-state index contributed by atoms with van der Waals surface area (Å²) in [5.74, 6) is 0. The Balaban J connectivity index is 1.66. The molecule has 8 N–H and O–H groups in total. The maximum atomic E-state index is 11.9. The minimum Gasteiger partial charge on any atom is -0.394 e. The molecule has 2 aliphatic rings. The molecule has 0 aromatic carbocycles. The van der Waals surface area contributed by atoms with Crippen LogP contribution in [-0.4, -0.2) is 97.3 Å². The predicted molar refractivity (Wildman–Crippen MR) is 88.9 cm³/mol. The number of hydrogen-bond donors (Lipinski definition) is 7. The van der Waals surface area contributed by atoms with Crippen molar-refractivity contribution in [1.29, 1.82) is 0 Å². The highest BCUT2D eigenvalue weighted by Crippen LogP contribution is 2.29. The van der Waals surface area contributed by atoms with E-state index in [9.17, 15) is 35.1 Å². The highest BCUT2D eigenvalue weighted by atomic mass is 16.7. The van der Waals surface area contributed by atoms with Gasteiger partial charge in [0.05, 0.1) is 19.3 Å². The van der Waals surface area contributed by atoms with Crippen molar-refractivity contribution in [2.24, 2.45) is 5.73 Å². The summed E-state index contributed by atoms with van der Waals surface area (Å²) in [4.78, 5) is 25.0. The zero-order valence-corrected chi connectivity index (χ0v) is 14.6. The molecule has 0 saturated carbocycles. The van der Waals surface area contributed by atoms with Gasteiger partial charge in [0.2, 0.25) is 0 Å². The van der Waals surface area contributed by atoms with Crippen LogP contribution < -0.4 is 17.0 Å². The van der Waals surface area contributed by atoms with E-state index in [4.69, 9.17) is 19.9 Å². The second kappa shape index (κ2) is 8.36. The lowest BCUT2D eigenvalue weighted by molar-refractivity contribution is -0.272. The van der Waals surface area contributed by atoms with Crippen LogP contribution in [0.25, 0.3) is 0 Å². The summed E-state index contributed by atoms with van der Waals surface area (Å²) in [6.45, 7) is -0.921. The molecule has 2 saturated heterocycles. The quantitative estimate of drug-likeness (QED) is 0.246. The Morgan fingerprint density at radius 3 is 2.39 bits per heavy atom. The first-order chi connectivity index (χ1) is 13.2. The molecule has 0 spiro atoms. The van der Waals surface area contributed by atoms with Crippen LogP contribution in [0.15, 0.2) is 21.9 Å². The highest BCUT2D eigenvalue weighted by Gasteiger charge is 2.47. The number of ether oxygens (including phenoxy) is 3. The fraction of sp³-hybridized carbons (Fsp3) is 0.733. The van der Waals surface area contributed by atoms with E-state index in [1.807, 2.05) is 4.98 Å². The first kappa shape index (κ1) is 21.0. The molecule has 0 bridgehead atoms. The Kier molecular flexibility index (Phi) is 6.28. The number of aliphatic hydroxyl groups excluding tert-OH is 5. The van der Waals surface area contributed by atoms with Gasteiger partial charge in [-0.2, -0.15) is 0 Å². The molecule has 13 heteroatoms. The lowest BCUT2D eigenvalue weighted by atomic mass is 9.98. The Morgan fingerprint density at radius 1 is 1.07 bits per heavy atom. The SMILES string of the molecule is N[C@H]1[C@H](OC[C@H]2O[C@@H](n3ccc(=O)[nH]c3=O)[C@H](O)[C@@H]2O)O[C@H](CO)[C@H](O)[C@@H]1O. The monoisotopic (exact) mass is 405 g/mol. The molecule has 1 aromatic rings. The molecule has 1 aromatic heterocycles. The molecule has 0 amide bonds. The van der Waals surface area contributed by atoms with E-state index in [1.165, 1.54) is 0 Å². The predicted octanol–water partition coefficient (Wildman–Crippen LogP) is -5.06. The molecule has 2 aliphatic heterocycles. The fourth-order valence-electron chi connectivity index (χ4n) is 3.17. The van der Waals surface area contributed by atoms with Crippen molar-refractivity contribution < 1.29 is 39.7 Å². The van der Waals surface area contributed by atoms with Crippen LogP contribution in [0.5, 0.6) is 0 Å². The molecule has 3 heterocycles. The molecule has 9 atom stereocenters. The van der Waals surface area contributed by atoms with Gasteiger partial charge in [-0.05, 0) is 0 Å². The van der Waals surface area contributed by atoms with Crippen molar-refractivity contribution >= 4 is 0 Å². The standard InChI is InChI=1S/C15H23N3O10/c16-8-11(23)9(21)5(3-19)28-14(8)26-4-6-10(22)12(24)13(27-6)18-2-1-7(20)17-15(18)25/h1-2,5-6,8-14,19,21-24H,3-4,16H2,(H,17,20,25)/t5-,6-,8-,9+,10-,11-,12-,13-,14-/m1/s1. The van der Waals surface area contributed by atoms with Crippen LogP contribution in [-0.2, 0) is 14.2 Å². The Morgan fingerprint density at radius 2 is 1.75 bits per heavy atom. The number of nitrogens with two attached hydrogens (primary N) is 1. The summed E-state index contributed by atoms with van der Waals surface area (Å²) in [6, 6.07) is -0.0801. The van der Waals surface area contributed by atoms with Gasteiger partial charge in [0.25, 0.3) is 5.56 Å². The number of rotatable bonds is 5. The third-order valence-corrected chi connectivity index (χ3v) is 4.82. The molecule has 0 aliphatic carbocycles. The van der Waals surface area contributed by atoms with Gasteiger partial charge >= 0.3 is 5.69 Å². The van der Waals surface area contributed by atoms with Gasteiger partial charge in [0.1, 0.15) is 36.6 Å². The summed E-state index contributed by atoms with van der Waals surface area (Å²) in [6.07, 6.45) is -9.32. The van der Waals surface area contributed by atoms with Crippen LogP contribution in [0.3, 0.4) is 0 Å². The van der Waals surface area contributed by atoms with Gasteiger partial charge < -0.3 is 45.5 Å². The van der Waals surface area contributed by atoms with Gasteiger partial charge in [-0.25, -0.2) is 4.79 Å². The molecular formula is C15H23N3O10. The first-order valence-electron chi connectivity index (χ1n) is 8.57. The van der Waals surface area contributed by atoms with Crippen LogP contribution in [0.4, 0.5) is 0 Å². The largest absolute Gasteiger partial charge is 0.394 e. The number of aromatic amines is 1.